The number of ether oxygens (including phenoxy) is 2. The van der Waals surface area contributed by atoms with Crippen molar-refractivity contribution in [2.24, 2.45) is 5.16 Å². The lowest BCUT2D eigenvalue weighted by atomic mass is 10.1. The highest BCUT2D eigenvalue weighted by Crippen LogP contribution is 2.32. The topological polar surface area (TPSA) is 85.1 Å². The molecule has 2 aromatic rings. The van der Waals surface area contributed by atoms with Gasteiger partial charge in [-0.3, -0.25) is 5.32 Å². The molecule has 160 valence electrons. The molecule has 0 aliphatic carbocycles. The molecule has 0 saturated carbocycles. The van der Waals surface area contributed by atoms with Crippen LogP contribution in [0, 0.1) is 11.6 Å². The van der Waals surface area contributed by atoms with Gasteiger partial charge in [0.05, 0.1) is 16.6 Å². The molecule has 2 N–H and O–H groups in total. The summed E-state index contributed by atoms with van der Waals surface area (Å²) in [7, 11) is -1.29. The minimum atomic E-state index is -1.29. The Balaban J connectivity index is 2.44. The number of alkyl carbamates (subject to hydrolysis) is 1. The molecule has 0 unspecified atom stereocenters. The first-order chi connectivity index (χ1) is 13.6. The van der Waals surface area contributed by atoms with Gasteiger partial charge in [0, 0.05) is 31.8 Å². The van der Waals surface area contributed by atoms with Crippen LogP contribution in [0.15, 0.2) is 21.9 Å². The Labute approximate surface area is 176 Å². The summed E-state index contributed by atoms with van der Waals surface area (Å²) in [5, 5.41) is 14.6. The van der Waals surface area contributed by atoms with Crippen LogP contribution >= 0.6 is 15.9 Å². The zero-order chi connectivity index (χ0) is 21.8. The number of nitrogens with zero attached hydrogens (tertiary/aromatic N) is 2. The summed E-state index contributed by atoms with van der Waals surface area (Å²) >= 11 is 2.88. The van der Waals surface area contributed by atoms with E-state index in [2.05, 4.69) is 46.0 Å². The van der Waals surface area contributed by atoms with Crippen molar-refractivity contribution in [1.82, 2.24) is 9.88 Å². The number of nitrogens with one attached hydrogen (secondary N) is 1. The number of halogens is 3. The average molecular weight is 492 g/mol. The van der Waals surface area contributed by atoms with Crippen LogP contribution in [0.4, 0.5) is 13.6 Å². The number of oxime groups is 1. The number of amidine groups is 1. The monoisotopic (exact) mass is 491 g/mol. The maximum absolute atomic E-state index is 14.8. The normalized spacial score (nSPS) is 12.4. The van der Waals surface area contributed by atoms with Crippen molar-refractivity contribution in [2.45, 2.75) is 39.3 Å². The van der Waals surface area contributed by atoms with Crippen LogP contribution in [0.3, 0.4) is 0 Å². The Hall–Kier alpha value is -1.98. The lowest BCUT2D eigenvalue weighted by Crippen LogP contribution is -2.31. The van der Waals surface area contributed by atoms with Gasteiger partial charge in [0.25, 0.3) is 0 Å². The molecule has 1 aromatic carbocycles. The first kappa shape index (κ1) is 23.3. The highest BCUT2D eigenvalue weighted by atomic mass is 79.9. The number of benzene rings is 1. The second-order valence-electron chi connectivity index (χ2n) is 7.54. The van der Waals surface area contributed by atoms with Crippen molar-refractivity contribution in [3.63, 3.8) is 0 Å². The first-order valence-electron chi connectivity index (χ1n) is 8.99. The second-order valence-corrected chi connectivity index (χ2v) is 13.9. The van der Waals surface area contributed by atoms with Gasteiger partial charge in [-0.25, -0.2) is 13.6 Å². The average Bonchev–Trinajstić information content (AvgIpc) is 2.99. The van der Waals surface area contributed by atoms with Gasteiger partial charge in [-0.05, 0) is 35.0 Å². The molecule has 1 aromatic heterocycles. The van der Waals surface area contributed by atoms with Crippen LogP contribution in [0.2, 0.25) is 25.7 Å². The fourth-order valence-corrected chi connectivity index (χ4v) is 3.66. The molecular formula is C18H24BrF2N3O4Si. The maximum atomic E-state index is 14.8. The zero-order valence-electron chi connectivity index (χ0n) is 16.7. The Morgan fingerprint density at radius 2 is 2.07 bits per heavy atom. The number of fused-ring (bicyclic) bond motifs is 1. The SMILES string of the molecule is CCOC(=O)N/C(=N\O)c1cn(COCC[Si](C)(C)C)c2cc(F)c(Br)c(F)c12. The van der Waals surface area contributed by atoms with Crippen LogP contribution in [0.25, 0.3) is 10.9 Å². The van der Waals surface area contributed by atoms with E-state index in [1.165, 1.54) is 10.8 Å². The molecule has 29 heavy (non-hydrogen) atoms. The number of amides is 1. The third kappa shape index (κ3) is 5.77. The minimum Gasteiger partial charge on any atom is -0.450 e. The van der Waals surface area contributed by atoms with Crippen LogP contribution < -0.4 is 5.32 Å². The van der Waals surface area contributed by atoms with Crippen molar-refractivity contribution < 1.29 is 28.3 Å². The fraction of sp³-hybridized carbons (Fsp3) is 0.444. The van der Waals surface area contributed by atoms with E-state index in [1.807, 2.05) is 0 Å². The van der Waals surface area contributed by atoms with E-state index in [0.29, 0.717) is 6.61 Å². The van der Waals surface area contributed by atoms with Crippen LogP contribution in [0.1, 0.15) is 12.5 Å². The van der Waals surface area contributed by atoms with Crippen molar-refractivity contribution in [2.75, 3.05) is 13.2 Å². The van der Waals surface area contributed by atoms with Gasteiger partial charge in [-0.15, -0.1) is 0 Å². The molecule has 1 heterocycles. The van der Waals surface area contributed by atoms with Gasteiger partial charge in [-0.2, -0.15) is 0 Å². The third-order valence-electron chi connectivity index (χ3n) is 4.08. The number of carbonyl (C=O) groups excluding carboxylic acids is 1. The number of hydrogen-bond acceptors (Lipinski definition) is 5. The predicted molar refractivity (Wildman–Crippen MR) is 112 cm³/mol. The molecule has 11 heteroatoms. The smallest absolute Gasteiger partial charge is 0.412 e. The molecule has 0 bridgehead atoms. The van der Waals surface area contributed by atoms with Crippen molar-refractivity contribution in [3.8, 4) is 0 Å². The highest BCUT2D eigenvalue weighted by molar-refractivity contribution is 9.10. The van der Waals surface area contributed by atoms with Crippen molar-refractivity contribution >= 4 is 46.8 Å². The first-order valence-corrected chi connectivity index (χ1v) is 13.5. The second kappa shape index (κ2) is 9.68. The van der Waals surface area contributed by atoms with Gasteiger partial charge in [0.1, 0.15) is 18.4 Å². The van der Waals surface area contributed by atoms with Crippen LogP contribution in [-0.2, 0) is 16.2 Å². The number of hydrogen-bond donors (Lipinski definition) is 2. The molecule has 1 amide bonds. The van der Waals surface area contributed by atoms with Gasteiger partial charge < -0.3 is 19.2 Å². The molecule has 7 nitrogen and oxygen atoms in total. The molecule has 0 aliphatic rings. The summed E-state index contributed by atoms with van der Waals surface area (Å²) < 4.78 is 40.6. The number of carbonyl (C=O) groups is 1. The summed E-state index contributed by atoms with van der Waals surface area (Å²) in [5.41, 5.74) is 0.251. The lowest BCUT2D eigenvalue weighted by Gasteiger charge is -2.15. The summed E-state index contributed by atoms with van der Waals surface area (Å²) in [4.78, 5) is 11.7. The Bertz CT molecular complexity index is 928. The Kier molecular flexibility index (Phi) is 7.78. The maximum Gasteiger partial charge on any atom is 0.412 e. The van der Waals surface area contributed by atoms with Crippen molar-refractivity contribution in [3.05, 3.63) is 33.9 Å². The van der Waals surface area contributed by atoms with E-state index in [1.54, 1.807) is 6.92 Å². The van der Waals surface area contributed by atoms with Gasteiger partial charge in [-0.1, -0.05) is 24.8 Å². The van der Waals surface area contributed by atoms with E-state index in [9.17, 15) is 18.8 Å². The van der Waals surface area contributed by atoms with E-state index in [4.69, 9.17) is 9.47 Å². The number of aromatic nitrogens is 1. The quantitative estimate of drug-likeness (QED) is 0.110. The molecule has 0 radical (unpaired) electrons. The van der Waals surface area contributed by atoms with Gasteiger partial charge in [0.15, 0.2) is 5.84 Å². The predicted octanol–water partition coefficient (Wildman–Crippen LogP) is 4.88. The Morgan fingerprint density at radius 1 is 1.38 bits per heavy atom. The summed E-state index contributed by atoms with van der Waals surface area (Å²) in [6.07, 6.45) is 0.560. The standard InChI is InChI=1S/C18H24BrF2N3O4Si/c1-5-28-18(25)22-17(23-26)11-9-24(10-27-6-7-29(2,3)4)13-8-12(20)15(19)16(21)14(11)13/h8-9,26H,5-7,10H2,1-4H3,(H,22,23,25). The third-order valence-corrected chi connectivity index (χ3v) is 6.51. The fourth-order valence-electron chi connectivity index (χ4n) is 2.59. The number of rotatable bonds is 7. The van der Waals surface area contributed by atoms with E-state index in [0.717, 1.165) is 12.1 Å². The molecular weight excluding hydrogens is 468 g/mol. The van der Waals surface area contributed by atoms with Crippen LogP contribution in [0.5, 0.6) is 0 Å². The van der Waals surface area contributed by atoms with E-state index >= 15 is 0 Å². The molecule has 0 aliphatic heterocycles. The molecule has 0 spiro atoms. The molecule has 0 fully saturated rings. The largest absolute Gasteiger partial charge is 0.450 e. The van der Waals surface area contributed by atoms with E-state index in [-0.39, 0.29) is 40.1 Å². The molecule has 0 saturated heterocycles. The van der Waals surface area contributed by atoms with Crippen LogP contribution in [-0.4, -0.2) is 43.0 Å². The lowest BCUT2D eigenvalue weighted by molar-refractivity contribution is 0.0902. The van der Waals surface area contributed by atoms with Gasteiger partial charge >= 0.3 is 6.09 Å². The Morgan fingerprint density at radius 3 is 2.66 bits per heavy atom. The summed E-state index contributed by atoms with van der Waals surface area (Å²) in [5.74, 6) is -2.00. The summed E-state index contributed by atoms with van der Waals surface area (Å²) in [6.45, 7) is 8.90. The highest BCUT2D eigenvalue weighted by Gasteiger charge is 2.23. The summed E-state index contributed by atoms with van der Waals surface area (Å²) in [6, 6.07) is 2.08. The minimum absolute atomic E-state index is 0.0309. The zero-order valence-corrected chi connectivity index (χ0v) is 19.3. The van der Waals surface area contributed by atoms with E-state index < -0.39 is 25.8 Å². The molecule has 0 atom stereocenters. The van der Waals surface area contributed by atoms with Crippen molar-refractivity contribution in [1.29, 1.82) is 0 Å². The molecule has 2 rings (SSSR count). The van der Waals surface area contributed by atoms with Gasteiger partial charge in [0.2, 0.25) is 0 Å².